The second-order valence-corrected chi connectivity index (χ2v) is 6.03. The van der Waals surface area contributed by atoms with E-state index in [1.54, 1.807) is 6.07 Å². The molecule has 1 atom stereocenters. The minimum absolute atomic E-state index is 0.0163. The van der Waals surface area contributed by atoms with Gasteiger partial charge in [0.15, 0.2) is 11.6 Å². The SMILES string of the molecule is CCCc1ccc(C#Cc2ccc(OC(F)(F)C(F)C(F)(F)F)c(F)c2)c(F)c1. The zero-order chi connectivity index (χ0) is 21.8. The van der Waals surface area contributed by atoms with E-state index in [4.69, 9.17) is 0 Å². The van der Waals surface area contributed by atoms with Crippen molar-refractivity contribution in [3.05, 3.63) is 64.7 Å². The van der Waals surface area contributed by atoms with Crippen LogP contribution in [0.5, 0.6) is 5.75 Å². The molecule has 0 amide bonds. The third kappa shape index (κ3) is 5.86. The molecule has 9 heteroatoms. The van der Waals surface area contributed by atoms with Crippen LogP contribution in [0.3, 0.4) is 0 Å². The fourth-order valence-electron chi connectivity index (χ4n) is 2.29. The zero-order valence-corrected chi connectivity index (χ0v) is 14.9. The van der Waals surface area contributed by atoms with Gasteiger partial charge in [-0.1, -0.05) is 31.3 Å². The number of ether oxygens (including phenoxy) is 1. The molecule has 2 aromatic rings. The van der Waals surface area contributed by atoms with Crippen LogP contribution in [0.1, 0.15) is 30.0 Å². The lowest BCUT2D eigenvalue weighted by Gasteiger charge is -2.23. The van der Waals surface area contributed by atoms with E-state index in [0.717, 1.165) is 18.1 Å². The number of benzene rings is 2. The maximum absolute atomic E-state index is 14.0. The summed E-state index contributed by atoms with van der Waals surface area (Å²) < 4.78 is 107. The van der Waals surface area contributed by atoms with Gasteiger partial charge in [0.1, 0.15) is 5.82 Å². The average molecular weight is 422 g/mol. The maximum atomic E-state index is 14.0. The second-order valence-electron chi connectivity index (χ2n) is 6.03. The van der Waals surface area contributed by atoms with Gasteiger partial charge in [-0.05, 0) is 42.3 Å². The summed E-state index contributed by atoms with van der Waals surface area (Å²) in [6.45, 7) is 1.93. The monoisotopic (exact) mass is 422 g/mol. The Bertz CT molecular complexity index is 924. The van der Waals surface area contributed by atoms with Crippen molar-refractivity contribution in [2.75, 3.05) is 0 Å². The van der Waals surface area contributed by atoms with E-state index in [2.05, 4.69) is 16.6 Å². The van der Waals surface area contributed by atoms with Crippen molar-refractivity contribution in [2.45, 2.75) is 38.2 Å². The predicted octanol–water partition coefficient (Wildman–Crippen LogP) is 6.19. The van der Waals surface area contributed by atoms with Gasteiger partial charge in [0.2, 0.25) is 0 Å². The highest BCUT2D eigenvalue weighted by Crippen LogP contribution is 2.37. The Balaban J connectivity index is 2.20. The van der Waals surface area contributed by atoms with Crippen molar-refractivity contribution in [2.24, 2.45) is 0 Å². The summed E-state index contributed by atoms with van der Waals surface area (Å²) in [7, 11) is 0. The molecule has 29 heavy (non-hydrogen) atoms. The minimum atomic E-state index is -5.89. The van der Waals surface area contributed by atoms with Crippen molar-refractivity contribution >= 4 is 0 Å². The molecule has 0 bridgehead atoms. The van der Waals surface area contributed by atoms with Crippen LogP contribution in [-0.4, -0.2) is 18.5 Å². The lowest BCUT2D eigenvalue weighted by Crippen LogP contribution is -2.45. The molecule has 156 valence electrons. The van der Waals surface area contributed by atoms with Crippen molar-refractivity contribution < 1.29 is 39.9 Å². The zero-order valence-electron chi connectivity index (χ0n) is 14.9. The van der Waals surface area contributed by atoms with Gasteiger partial charge in [-0.25, -0.2) is 13.2 Å². The molecule has 0 aliphatic carbocycles. The summed E-state index contributed by atoms with van der Waals surface area (Å²) >= 11 is 0. The first-order valence-corrected chi connectivity index (χ1v) is 8.31. The Kier molecular flexibility index (Phi) is 6.77. The summed E-state index contributed by atoms with van der Waals surface area (Å²) in [5, 5.41) is 0. The highest BCUT2D eigenvalue weighted by Gasteiger charge is 2.59. The number of hydrogen-bond donors (Lipinski definition) is 0. The molecule has 0 fully saturated rings. The Morgan fingerprint density at radius 2 is 1.62 bits per heavy atom. The van der Waals surface area contributed by atoms with Crippen molar-refractivity contribution in [1.29, 1.82) is 0 Å². The summed E-state index contributed by atoms with van der Waals surface area (Å²) in [4.78, 5) is 0. The molecule has 0 saturated heterocycles. The Hall–Kier alpha value is -2.76. The van der Waals surface area contributed by atoms with Gasteiger partial charge < -0.3 is 4.74 Å². The lowest BCUT2D eigenvalue weighted by molar-refractivity contribution is -0.305. The molecule has 1 nitrogen and oxygen atoms in total. The highest BCUT2D eigenvalue weighted by molar-refractivity contribution is 5.46. The van der Waals surface area contributed by atoms with Gasteiger partial charge in [0.05, 0.1) is 5.56 Å². The fourth-order valence-corrected chi connectivity index (χ4v) is 2.29. The van der Waals surface area contributed by atoms with E-state index in [0.29, 0.717) is 18.6 Å². The summed E-state index contributed by atoms with van der Waals surface area (Å²) in [5.41, 5.74) is 0.708. The van der Waals surface area contributed by atoms with Crippen LogP contribution in [-0.2, 0) is 6.42 Å². The second kappa shape index (κ2) is 8.72. The molecule has 0 heterocycles. The molecule has 0 N–H and O–H groups in total. The summed E-state index contributed by atoms with van der Waals surface area (Å²) in [6.07, 6.45) is -14.3. The van der Waals surface area contributed by atoms with Gasteiger partial charge in [0, 0.05) is 5.56 Å². The van der Waals surface area contributed by atoms with Gasteiger partial charge in [0.25, 0.3) is 6.17 Å². The third-order valence-electron chi connectivity index (χ3n) is 3.67. The minimum Gasteiger partial charge on any atom is -0.427 e. The van der Waals surface area contributed by atoms with Crippen LogP contribution in [0.15, 0.2) is 36.4 Å². The van der Waals surface area contributed by atoms with Crippen LogP contribution in [0.25, 0.3) is 0 Å². The number of alkyl halides is 6. The molecule has 0 radical (unpaired) electrons. The number of halogens is 8. The van der Waals surface area contributed by atoms with Crippen LogP contribution in [0.2, 0.25) is 0 Å². The molecular weight excluding hydrogens is 408 g/mol. The first kappa shape index (κ1) is 22.5. The number of hydrogen-bond acceptors (Lipinski definition) is 1. The lowest BCUT2D eigenvalue weighted by atomic mass is 10.1. The van der Waals surface area contributed by atoms with Gasteiger partial charge in [-0.15, -0.1) is 0 Å². The van der Waals surface area contributed by atoms with E-state index in [-0.39, 0.29) is 11.1 Å². The molecule has 2 aromatic carbocycles. The van der Waals surface area contributed by atoms with E-state index in [1.807, 2.05) is 6.92 Å². The molecular formula is C20H14F8O. The standard InChI is InChI=1S/C20H14F8O/c1-2-3-12-4-7-14(15(21)10-12)8-5-13-6-9-17(16(22)11-13)29-20(27,28)18(23)19(24,25)26/h4,6-7,9-11,18H,2-3H2,1H3. The Morgan fingerprint density at radius 1 is 0.931 bits per heavy atom. The van der Waals surface area contributed by atoms with Gasteiger partial charge >= 0.3 is 12.3 Å². The quantitative estimate of drug-likeness (QED) is 0.413. The van der Waals surface area contributed by atoms with Crippen LogP contribution >= 0.6 is 0 Å². The topological polar surface area (TPSA) is 9.23 Å². The molecule has 2 rings (SSSR count). The molecule has 0 aliphatic rings. The Morgan fingerprint density at radius 3 is 2.17 bits per heavy atom. The normalized spacial score (nSPS) is 12.9. The molecule has 1 unspecified atom stereocenters. The van der Waals surface area contributed by atoms with Crippen LogP contribution in [0.4, 0.5) is 35.1 Å². The van der Waals surface area contributed by atoms with E-state index in [1.165, 1.54) is 12.1 Å². The molecule has 0 spiro atoms. The predicted molar refractivity (Wildman–Crippen MR) is 89.3 cm³/mol. The van der Waals surface area contributed by atoms with Crippen LogP contribution in [0, 0.1) is 23.5 Å². The first-order chi connectivity index (χ1) is 13.4. The van der Waals surface area contributed by atoms with Crippen LogP contribution < -0.4 is 4.74 Å². The van der Waals surface area contributed by atoms with Gasteiger partial charge in [-0.3, -0.25) is 0 Å². The third-order valence-corrected chi connectivity index (χ3v) is 3.67. The molecule has 0 aliphatic heterocycles. The number of rotatable bonds is 5. The van der Waals surface area contributed by atoms with E-state index < -0.39 is 35.8 Å². The largest absolute Gasteiger partial charge is 0.439 e. The highest BCUT2D eigenvalue weighted by atomic mass is 19.4. The van der Waals surface area contributed by atoms with Gasteiger partial charge in [-0.2, -0.15) is 22.0 Å². The average Bonchev–Trinajstić information content (AvgIpc) is 2.62. The van der Waals surface area contributed by atoms with E-state index in [9.17, 15) is 35.1 Å². The van der Waals surface area contributed by atoms with Crippen molar-refractivity contribution in [3.8, 4) is 17.6 Å². The molecule has 0 aromatic heterocycles. The fraction of sp³-hybridized carbons (Fsp3) is 0.300. The van der Waals surface area contributed by atoms with Crippen molar-refractivity contribution in [3.63, 3.8) is 0 Å². The smallest absolute Gasteiger partial charge is 0.427 e. The summed E-state index contributed by atoms with van der Waals surface area (Å²) in [6, 6.07) is 6.55. The summed E-state index contributed by atoms with van der Waals surface area (Å²) in [5.74, 6) is 1.48. The Labute approximate surface area is 161 Å². The number of aryl methyl sites for hydroxylation is 1. The molecule has 0 saturated carbocycles. The first-order valence-electron chi connectivity index (χ1n) is 8.31. The van der Waals surface area contributed by atoms with E-state index >= 15 is 0 Å². The van der Waals surface area contributed by atoms with Crippen molar-refractivity contribution in [1.82, 2.24) is 0 Å². The maximum Gasteiger partial charge on any atom is 0.439 e.